The van der Waals surface area contributed by atoms with E-state index in [-0.39, 0.29) is 11.6 Å². The molecular formula is C20H16FNO2. The second-order valence-electron chi connectivity index (χ2n) is 5.38. The second kappa shape index (κ2) is 6.96. The fraction of sp³-hybridized carbons (Fsp3) is 0.0500. The standard InChI is InChI=1S/C20H16FNO2/c1-14-5-4-6-17(13-14)24-16-11-9-15(10-12-16)20(23)22-19-8-3-2-7-18(19)21/h2-13H,1H3,(H,22,23). The minimum atomic E-state index is -0.467. The van der Waals surface area contributed by atoms with E-state index in [1.807, 2.05) is 31.2 Å². The molecule has 0 unspecified atom stereocenters. The number of rotatable bonds is 4. The summed E-state index contributed by atoms with van der Waals surface area (Å²) in [4.78, 5) is 12.2. The Morgan fingerprint density at radius 1 is 0.917 bits per heavy atom. The number of anilines is 1. The quantitative estimate of drug-likeness (QED) is 0.719. The number of carbonyl (C=O) groups is 1. The van der Waals surface area contributed by atoms with Crippen molar-refractivity contribution >= 4 is 11.6 Å². The lowest BCUT2D eigenvalue weighted by Crippen LogP contribution is -2.12. The second-order valence-corrected chi connectivity index (χ2v) is 5.38. The summed E-state index contributed by atoms with van der Waals surface area (Å²) < 4.78 is 19.3. The minimum absolute atomic E-state index is 0.155. The molecule has 24 heavy (non-hydrogen) atoms. The number of carbonyl (C=O) groups excluding carboxylic acids is 1. The number of halogens is 1. The predicted octanol–water partition coefficient (Wildman–Crippen LogP) is 5.18. The number of ether oxygens (including phenoxy) is 1. The summed E-state index contributed by atoms with van der Waals surface area (Å²) in [6, 6.07) is 20.4. The zero-order chi connectivity index (χ0) is 16.9. The van der Waals surface area contributed by atoms with Gasteiger partial charge >= 0.3 is 0 Å². The maximum absolute atomic E-state index is 13.6. The Kier molecular flexibility index (Phi) is 4.57. The van der Waals surface area contributed by atoms with Crippen molar-refractivity contribution in [3.63, 3.8) is 0 Å². The van der Waals surface area contributed by atoms with Crippen LogP contribution in [0, 0.1) is 12.7 Å². The van der Waals surface area contributed by atoms with Crippen LogP contribution in [0.25, 0.3) is 0 Å². The molecule has 1 amide bonds. The highest BCUT2D eigenvalue weighted by Crippen LogP contribution is 2.23. The van der Waals surface area contributed by atoms with E-state index >= 15 is 0 Å². The van der Waals surface area contributed by atoms with Gasteiger partial charge in [-0.05, 0) is 61.0 Å². The molecule has 0 saturated heterocycles. The molecule has 0 radical (unpaired) electrons. The molecule has 0 bridgehead atoms. The van der Waals surface area contributed by atoms with Gasteiger partial charge in [-0.25, -0.2) is 4.39 Å². The smallest absolute Gasteiger partial charge is 0.255 e. The average Bonchev–Trinajstić information content (AvgIpc) is 2.57. The van der Waals surface area contributed by atoms with E-state index in [4.69, 9.17) is 4.74 Å². The number of hydrogen-bond acceptors (Lipinski definition) is 2. The van der Waals surface area contributed by atoms with Gasteiger partial charge in [-0.15, -0.1) is 0 Å². The van der Waals surface area contributed by atoms with E-state index in [0.29, 0.717) is 11.3 Å². The molecule has 0 spiro atoms. The number of amides is 1. The van der Waals surface area contributed by atoms with E-state index in [1.54, 1.807) is 36.4 Å². The van der Waals surface area contributed by atoms with Crippen LogP contribution in [0.4, 0.5) is 10.1 Å². The average molecular weight is 321 g/mol. The number of aryl methyl sites for hydroxylation is 1. The number of hydrogen-bond donors (Lipinski definition) is 1. The first kappa shape index (κ1) is 15.7. The van der Waals surface area contributed by atoms with E-state index in [9.17, 15) is 9.18 Å². The lowest BCUT2D eigenvalue weighted by molar-refractivity contribution is 0.102. The molecule has 4 heteroatoms. The summed E-state index contributed by atoms with van der Waals surface area (Å²) in [5, 5.41) is 2.55. The zero-order valence-electron chi connectivity index (χ0n) is 13.1. The van der Waals surface area contributed by atoms with Gasteiger partial charge in [0, 0.05) is 5.56 Å². The van der Waals surface area contributed by atoms with E-state index in [1.165, 1.54) is 12.1 Å². The van der Waals surface area contributed by atoms with Crippen LogP contribution >= 0.6 is 0 Å². The number of para-hydroxylation sites is 1. The third-order valence-corrected chi connectivity index (χ3v) is 3.46. The first-order valence-electron chi connectivity index (χ1n) is 7.52. The van der Waals surface area contributed by atoms with E-state index < -0.39 is 5.82 Å². The largest absolute Gasteiger partial charge is 0.457 e. The molecule has 0 heterocycles. The highest BCUT2D eigenvalue weighted by Gasteiger charge is 2.09. The number of nitrogens with one attached hydrogen (secondary N) is 1. The molecule has 3 nitrogen and oxygen atoms in total. The monoisotopic (exact) mass is 321 g/mol. The van der Waals surface area contributed by atoms with Gasteiger partial charge in [-0.2, -0.15) is 0 Å². The van der Waals surface area contributed by atoms with Gasteiger partial charge in [-0.1, -0.05) is 24.3 Å². The Morgan fingerprint density at radius 2 is 1.67 bits per heavy atom. The molecular weight excluding hydrogens is 305 g/mol. The van der Waals surface area contributed by atoms with Crippen LogP contribution in [0.15, 0.2) is 72.8 Å². The third-order valence-electron chi connectivity index (χ3n) is 3.46. The van der Waals surface area contributed by atoms with E-state index in [0.717, 1.165) is 11.3 Å². The molecule has 120 valence electrons. The summed E-state index contributed by atoms with van der Waals surface area (Å²) >= 11 is 0. The molecule has 3 aromatic rings. The summed E-state index contributed by atoms with van der Waals surface area (Å²) in [7, 11) is 0. The summed E-state index contributed by atoms with van der Waals surface area (Å²) in [5.41, 5.74) is 1.69. The molecule has 1 N–H and O–H groups in total. The van der Waals surface area contributed by atoms with Crippen LogP contribution in [-0.2, 0) is 0 Å². The van der Waals surface area contributed by atoms with Gasteiger partial charge in [0.2, 0.25) is 0 Å². The minimum Gasteiger partial charge on any atom is -0.457 e. The first-order valence-corrected chi connectivity index (χ1v) is 7.52. The first-order chi connectivity index (χ1) is 11.6. The third kappa shape index (κ3) is 3.79. The van der Waals surface area contributed by atoms with Crippen molar-refractivity contribution in [2.24, 2.45) is 0 Å². The van der Waals surface area contributed by atoms with Crippen molar-refractivity contribution in [3.8, 4) is 11.5 Å². The molecule has 0 aliphatic carbocycles. The Morgan fingerprint density at radius 3 is 2.38 bits per heavy atom. The van der Waals surface area contributed by atoms with Crippen LogP contribution in [0.1, 0.15) is 15.9 Å². The van der Waals surface area contributed by atoms with Gasteiger partial charge in [0.05, 0.1) is 5.69 Å². The Balaban J connectivity index is 1.70. The summed E-state index contributed by atoms with van der Waals surface area (Å²) in [6.07, 6.45) is 0. The topological polar surface area (TPSA) is 38.3 Å². The lowest BCUT2D eigenvalue weighted by Gasteiger charge is -2.08. The Bertz CT molecular complexity index is 860. The molecule has 0 aromatic heterocycles. The maximum atomic E-state index is 13.6. The van der Waals surface area contributed by atoms with Crippen molar-refractivity contribution in [2.45, 2.75) is 6.92 Å². The molecule has 0 fully saturated rings. The van der Waals surface area contributed by atoms with Crippen molar-refractivity contribution in [2.75, 3.05) is 5.32 Å². The van der Waals surface area contributed by atoms with Crippen molar-refractivity contribution < 1.29 is 13.9 Å². The molecule has 3 rings (SSSR count). The highest BCUT2D eigenvalue weighted by atomic mass is 19.1. The Hall–Kier alpha value is -3.14. The maximum Gasteiger partial charge on any atom is 0.255 e. The van der Waals surface area contributed by atoms with Crippen LogP contribution in [0.2, 0.25) is 0 Å². The SMILES string of the molecule is Cc1cccc(Oc2ccc(C(=O)Nc3ccccc3F)cc2)c1. The van der Waals surface area contributed by atoms with Gasteiger partial charge in [0.1, 0.15) is 17.3 Å². The lowest BCUT2D eigenvalue weighted by atomic mass is 10.2. The number of benzene rings is 3. The van der Waals surface area contributed by atoms with Crippen molar-refractivity contribution in [1.82, 2.24) is 0 Å². The van der Waals surface area contributed by atoms with Crippen LogP contribution < -0.4 is 10.1 Å². The van der Waals surface area contributed by atoms with Gasteiger partial charge in [0.15, 0.2) is 0 Å². The molecule has 3 aromatic carbocycles. The Labute approximate surface area is 139 Å². The van der Waals surface area contributed by atoms with Gasteiger partial charge < -0.3 is 10.1 Å². The molecule has 0 saturated carbocycles. The molecule has 0 aliphatic rings. The van der Waals surface area contributed by atoms with Crippen LogP contribution in [0.3, 0.4) is 0 Å². The molecule has 0 aliphatic heterocycles. The van der Waals surface area contributed by atoms with Crippen molar-refractivity contribution in [3.05, 3.63) is 89.7 Å². The fourth-order valence-corrected chi connectivity index (χ4v) is 2.25. The summed E-state index contributed by atoms with van der Waals surface area (Å²) in [5.74, 6) is 0.522. The van der Waals surface area contributed by atoms with E-state index in [2.05, 4.69) is 5.32 Å². The normalized spacial score (nSPS) is 10.2. The van der Waals surface area contributed by atoms with Crippen LogP contribution in [-0.4, -0.2) is 5.91 Å². The predicted molar refractivity (Wildman–Crippen MR) is 92.0 cm³/mol. The summed E-state index contributed by atoms with van der Waals surface area (Å²) in [6.45, 7) is 1.99. The fourth-order valence-electron chi connectivity index (χ4n) is 2.25. The molecule has 0 atom stereocenters. The zero-order valence-corrected chi connectivity index (χ0v) is 13.1. The van der Waals surface area contributed by atoms with Gasteiger partial charge in [0.25, 0.3) is 5.91 Å². The van der Waals surface area contributed by atoms with Crippen LogP contribution in [0.5, 0.6) is 11.5 Å². The van der Waals surface area contributed by atoms with Gasteiger partial charge in [-0.3, -0.25) is 4.79 Å². The van der Waals surface area contributed by atoms with Crippen molar-refractivity contribution in [1.29, 1.82) is 0 Å². The highest BCUT2D eigenvalue weighted by molar-refractivity contribution is 6.04.